The maximum atomic E-state index is 10.4. The SMILES string of the molecule is O=[N+]([O-])c1cccc(/C(Cl)=C\Cl)c1. The lowest BCUT2D eigenvalue weighted by Gasteiger charge is -1.96. The van der Waals surface area contributed by atoms with E-state index in [0.29, 0.717) is 5.56 Å². The normalized spacial score (nSPS) is 11.4. The topological polar surface area (TPSA) is 43.1 Å². The second-order valence-corrected chi connectivity index (χ2v) is 2.89. The smallest absolute Gasteiger partial charge is 0.258 e. The standard InChI is InChI=1S/C8H5Cl2NO2/c9-5-8(10)6-2-1-3-7(4-6)11(12)13/h1-5H/b8-5+. The first-order valence-electron chi connectivity index (χ1n) is 3.36. The van der Waals surface area contributed by atoms with Gasteiger partial charge in [-0.1, -0.05) is 35.3 Å². The number of nitro groups is 1. The van der Waals surface area contributed by atoms with Gasteiger partial charge in [-0.2, -0.15) is 0 Å². The number of benzene rings is 1. The predicted molar refractivity (Wildman–Crippen MR) is 52.8 cm³/mol. The molecule has 0 atom stereocenters. The van der Waals surface area contributed by atoms with Crippen molar-refractivity contribution < 1.29 is 4.92 Å². The lowest BCUT2D eigenvalue weighted by atomic mass is 10.2. The fourth-order valence-electron chi connectivity index (χ4n) is 0.831. The Kier molecular flexibility index (Phi) is 3.28. The molecular weight excluding hydrogens is 213 g/mol. The molecule has 68 valence electrons. The molecule has 0 amide bonds. The first kappa shape index (κ1) is 10.0. The molecule has 0 radical (unpaired) electrons. The van der Waals surface area contributed by atoms with Crippen molar-refractivity contribution in [2.75, 3.05) is 0 Å². The molecule has 0 aliphatic heterocycles. The summed E-state index contributed by atoms with van der Waals surface area (Å²) >= 11 is 11.0. The van der Waals surface area contributed by atoms with Crippen LogP contribution in [-0.4, -0.2) is 4.92 Å². The third-order valence-electron chi connectivity index (χ3n) is 1.43. The maximum Gasteiger partial charge on any atom is 0.270 e. The molecule has 0 unspecified atom stereocenters. The highest BCUT2D eigenvalue weighted by Gasteiger charge is 2.06. The fourth-order valence-corrected chi connectivity index (χ4v) is 1.07. The van der Waals surface area contributed by atoms with Gasteiger partial charge >= 0.3 is 0 Å². The van der Waals surface area contributed by atoms with Crippen LogP contribution in [0.25, 0.3) is 5.03 Å². The first-order valence-corrected chi connectivity index (χ1v) is 4.17. The summed E-state index contributed by atoms with van der Waals surface area (Å²) < 4.78 is 0. The average molecular weight is 218 g/mol. The lowest BCUT2D eigenvalue weighted by Crippen LogP contribution is -1.88. The minimum Gasteiger partial charge on any atom is -0.258 e. The summed E-state index contributed by atoms with van der Waals surface area (Å²) in [5.41, 5.74) is 1.70. The number of rotatable bonds is 2. The highest BCUT2D eigenvalue weighted by atomic mass is 35.5. The molecule has 0 saturated heterocycles. The van der Waals surface area contributed by atoms with Crippen LogP contribution < -0.4 is 0 Å². The molecule has 0 fully saturated rings. The van der Waals surface area contributed by atoms with Crippen molar-refractivity contribution in [2.45, 2.75) is 0 Å². The molecule has 1 aromatic carbocycles. The summed E-state index contributed by atoms with van der Waals surface area (Å²) in [6.45, 7) is 0. The second-order valence-electron chi connectivity index (χ2n) is 2.26. The van der Waals surface area contributed by atoms with Gasteiger partial charge < -0.3 is 0 Å². The molecule has 0 heterocycles. The minimum absolute atomic E-state index is 0.00540. The van der Waals surface area contributed by atoms with Crippen molar-refractivity contribution in [3.63, 3.8) is 0 Å². The molecule has 0 spiro atoms. The number of nitro benzene ring substituents is 1. The molecule has 0 saturated carbocycles. The summed E-state index contributed by atoms with van der Waals surface area (Å²) in [4.78, 5) is 9.89. The van der Waals surface area contributed by atoms with Crippen molar-refractivity contribution in [1.29, 1.82) is 0 Å². The van der Waals surface area contributed by atoms with E-state index < -0.39 is 4.92 Å². The summed E-state index contributed by atoms with van der Waals surface area (Å²) in [6, 6.07) is 5.95. The van der Waals surface area contributed by atoms with Gasteiger partial charge in [-0.3, -0.25) is 10.1 Å². The van der Waals surface area contributed by atoms with Crippen LogP contribution in [0.1, 0.15) is 5.56 Å². The molecule has 0 bridgehead atoms. The first-order chi connectivity index (χ1) is 6.15. The Hall–Kier alpha value is -1.06. The molecule has 3 nitrogen and oxygen atoms in total. The van der Waals surface area contributed by atoms with Gasteiger partial charge in [0.2, 0.25) is 0 Å². The summed E-state index contributed by atoms with van der Waals surface area (Å²) in [6.07, 6.45) is 0. The second kappa shape index (κ2) is 4.25. The van der Waals surface area contributed by atoms with E-state index in [2.05, 4.69) is 0 Å². The Balaban J connectivity index is 3.13. The summed E-state index contributed by atoms with van der Waals surface area (Å²) in [5.74, 6) is 0. The van der Waals surface area contributed by atoms with Gasteiger partial charge in [0.25, 0.3) is 5.69 Å². The van der Waals surface area contributed by atoms with Crippen LogP contribution in [0.4, 0.5) is 5.69 Å². The van der Waals surface area contributed by atoms with E-state index in [4.69, 9.17) is 23.2 Å². The molecule has 5 heteroatoms. The van der Waals surface area contributed by atoms with Crippen molar-refractivity contribution in [3.8, 4) is 0 Å². The van der Waals surface area contributed by atoms with Gasteiger partial charge in [0.05, 0.1) is 9.96 Å². The van der Waals surface area contributed by atoms with Gasteiger partial charge in [-0.25, -0.2) is 0 Å². The van der Waals surface area contributed by atoms with E-state index >= 15 is 0 Å². The molecule has 0 N–H and O–H groups in total. The van der Waals surface area contributed by atoms with Gasteiger partial charge in [0.15, 0.2) is 0 Å². The monoisotopic (exact) mass is 217 g/mol. The lowest BCUT2D eigenvalue weighted by molar-refractivity contribution is -0.384. The Morgan fingerprint density at radius 2 is 2.23 bits per heavy atom. The van der Waals surface area contributed by atoms with Gasteiger partial charge in [-0.05, 0) is 0 Å². The molecule has 0 aliphatic carbocycles. The Bertz CT molecular complexity index is 363. The highest BCUT2D eigenvalue weighted by molar-refractivity contribution is 6.52. The summed E-state index contributed by atoms with van der Waals surface area (Å²) in [7, 11) is 0. The van der Waals surface area contributed by atoms with Crippen LogP contribution in [-0.2, 0) is 0 Å². The molecule has 0 aromatic heterocycles. The van der Waals surface area contributed by atoms with Crippen molar-refractivity contribution >= 4 is 33.9 Å². The van der Waals surface area contributed by atoms with E-state index in [9.17, 15) is 10.1 Å². The quantitative estimate of drug-likeness (QED) is 0.564. The van der Waals surface area contributed by atoms with Crippen LogP contribution >= 0.6 is 23.2 Å². The number of nitrogens with zero attached hydrogens (tertiary/aromatic N) is 1. The van der Waals surface area contributed by atoms with Crippen LogP contribution in [0.2, 0.25) is 0 Å². The Morgan fingerprint density at radius 3 is 2.77 bits per heavy atom. The largest absolute Gasteiger partial charge is 0.270 e. The van der Waals surface area contributed by atoms with E-state index in [1.807, 2.05) is 0 Å². The maximum absolute atomic E-state index is 10.4. The Morgan fingerprint density at radius 1 is 1.54 bits per heavy atom. The molecule has 13 heavy (non-hydrogen) atoms. The molecule has 1 aromatic rings. The number of non-ortho nitro benzene ring substituents is 1. The van der Waals surface area contributed by atoms with Crippen molar-refractivity contribution in [3.05, 3.63) is 45.5 Å². The van der Waals surface area contributed by atoms with Crippen molar-refractivity contribution in [2.24, 2.45) is 0 Å². The van der Waals surface area contributed by atoms with Crippen LogP contribution in [0, 0.1) is 10.1 Å². The van der Waals surface area contributed by atoms with Crippen molar-refractivity contribution in [1.82, 2.24) is 0 Å². The van der Waals surface area contributed by atoms with E-state index in [0.717, 1.165) is 0 Å². The average Bonchev–Trinajstić information content (AvgIpc) is 2.17. The predicted octanol–water partition coefficient (Wildman–Crippen LogP) is 3.37. The van der Waals surface area contributed by atoms with E-state index in [-0.39, 0.29) is 10.7 Å². The third-order valence-corrected chi connectivity index (χ3v) is 2.09. The number of hydrogen-bond acceptors (Lipinski definition) is 2. The number of hydrogen-bond donors (Lipinski definition) is 0. The van der Waals surface area contributed by atoms with Gasteiger partial charge in [-0.15, -0.1) is 0 Å². The van der Waals surface area contributed by atoms with Gasteiger partial charge in [0, 0.05) is 23.2 Å². The highest BCUT2D eigenvalue weighted by Crippen LogP contribution is 2.23. The van der Waals surface area contributed by atoms with Crippen LogP contribution in [0.5, 0.6) is 0 Å². The van der Waals surface area contributed by atoms with E-state index in [1.165, 1.54) is 17.7 Å². The zero-order chi connectivity index (χ0) is 9.84. The molecular formula is C8H5Cl2NO2. The molecule has 0 aliphatic rings. The van der Waals surface area contributed by atoms with E-state index in [1.54, 1.807) is 12.1 Å². The summed E-state index contributed by atoms with van der Waals surface area (Å²) in [5, 5.41) is 10.7. The van der Waals surface area contributed by atoms with Crippen LogP contribution in [0.3, 0.4) is 0 Å². The molecule has 1 rings (SSSR count). The van der Waals surface area contributed by atoms with Crippen LogP contribution in [0.15, 0.2) is 29.8 Å². The zero-order valence-electron chi connectivity index (χ0n) is 6.41. The third kappa shape index (κ3) is 2.44. The number of halogens is 2. The fraction of sp³-hybridized carbons (Fsp3) is 0. The zero-order valence-corrected chi connectivity index (χ0v) is 7.92. The minimum atomic E-state index is -0.484. The van der Waals surface area contributed by atoms with Gasteiger partial charge in [0.1, 0.15) is 0 Å². The Labute approximate surface area is 84.7 Å².